The summed E-state index contributed by atoms with van der Waals surface area (Å²) in [4.78, 5) is 24.3. The van der Waals surface area contributed by atoms with Crippen molar-refractivity contribution in [2.75, 3.05) is 10.6 Å². The van der Waals surface area contributed by atoms with Crippen molar-refractivity contribution in [2.24, 2.45) is 5.14 Å². The van der Waals surface area contributed by atoms with Crippen LogP contribution in [0.2, 0.25) is 0 Å². The third-order valence-electron chi connectivity index (χ3n) is 5.97. The van der Waals surface area contributed by atoms with Crippen molar-refractivity contribution in [1.29, 1.82) is 0 Å². The van der Waals surface area contributed by atoms with Crippen LogP contribution in [-0.2, 0) is 10.0 Å². The van der Waals surface area contributed by atoms with E-state index < -0.39 is 16.0 Å². The minimum absolute atomic E-state index is 0.0511. The number of hydrogen-bond acceptors (Lipinski definition) is 7. The first-order valence-electron chi connectivity index (χ1n) is 11.4. The molecule has 1 aliphatic heterocycles. The first kappa shape index (κ1) is 27.3. The van der Waals surface area contributed by atoms with Gasteiger partial charge < -0.3 is 25.3 Å². The Bertz CT molecular complexity index is 1990. The van der Waals surface area contributed by atoms with Gasteiger partial charge in [-0.15, -0.1) is 0 Å². The first-order chi connectivity index (χ1) is 18.9. The van der Waals surface area contributed by atoms with Crippen molar-refractivity contribution >= 4 is 71.6 Å². The second-order valence-electron chi connectivity index (χ2n) is 8.65. The van der Waals surface area contributed by atoms with E-state index in [-0.39, 0.29) is 38.1 Å². The monoisotopic (exact) mass is 639 g/mol. The van der Waals surface area contributed by atoms with E-state index in [1.807, 2.05) is 0 Å². The summed E-state index contributed by atoms with van der Waals surface area (Å²) in [5, 5.41) is 31.8. The van der Waals surface area contributed by atoms with E-state index in [4.69, 9.17) is 21.8 Å². The second-order valence-corrected chi connectivity index (χ2v) is 11.5. The number of phenols is 1. The molecule has 0 unspecified atom stereocenters. The summed E-state index contributed by atoms with van der Waals surface area (Å²) in [7, 11) is -3.89. The van der Waals surface area contributed by atoms with Crippen LogP contribution in [0, 0.1) is 0 Å². The number of aromatic carboxylic acids is 1. The lowest BCUT2D eigenvalue weighted by Crippen LogP contribution is -2.20. The summed E-state index contributed by atoms with van der Waals surface area (Å²) in [5.74, 6) is -1.02. The second kappa shape index (κ2) is 10.4. The van der Waals surface area contributed by atoms with E-state index in [9.17, 15) is 28.2 Å². The number of anilines is 2. The summed E-state index contributed by atoms with van der Waals surface area (Å²) < 4.78 is 29.4. The molecule has 10 nitrogen and oxygen atoms in total. The molecular weight excluding hydrogens is 622 g/mol. The average Bonchev–Trinajstić information content (AvgIpc) is 2.87. The van der Waals surface area contributed by atoms with Crippen LogP contribution < -0.4 is 21.2 Å². The first-order valence-corrected chi connectivity index (χ1v) is 14.1. The van der Waals surface area contributed by atoms with Gasteiger partial charge in [-0.3, -0.25) is 4.79 Å². The Labute approximate surface area is 240 Å². The molecule has 0 fully saturated rings. The highest BCUT2D eigenvalue weighted by molar-refractivity contribution is 9.10. The number of carboxylic acid groups (broad SMARTS) is 1. The fourth-order valence-corrected chi connectivity index (χ4v) is 5.62. The van der Waals surface area contributed by atoms with Crippen LogP contribution in [0.15, 0.2) is 91.4 Å². The highest BCUT2D eigenvalue weighted by Gasteiger charge is 2.22. The van der Waals surface area contributed by atoms with Crippen molar-refractivity contribution in [3.63, 3.8) is 0 Å². The maximum atomic E-state index is 12.4. The molecule has 0 amide bonds. The molecule has 2 aliphatic rings. The summed E-state index contributed by atoms with van der Waals surface area (Å²) >= 11 is 8.65. The molecule has 1 heterocycles. The number of rotatable bonds is 5. The zero-order valence-electron chi connectivity index (χ0n) is 20.1. The standard InChI is InChI=1S/C27H18BrN3O7S2/c28-21-12-16(40(29,36)37)4-8-22(21)31-27(39)30-13-1-5-17(20(9-13)26(34)35)25-18-6-2-14(32)10-23(18)38-24-11-15(33)3-7-19(24)25/h1-12,32H,(H,34,35)(H2,29,36,37)(H2,30,31,39). The van der Waals surface area contributed by atoms with Crippen molar-refractivity contribution in [3.05, 3.63) is 93.1 Å². The van der Waals surface area contributed by atoms with Gasteiger partial charge in [0.15, 0.2) is 10.5 Å². The van der Waals surface area contributed by atoms with Crippen LogP contribution in [0.25, 0.3) is 33.4 Å². The average molecular weight is 640 g/mol. The minimum atomic E-state index is -3.89. The third kappa shape index (κ3) is 5.40. The molecule has 5 rings (SSSR count). The Morgan fingerprint density at radius 1 is 0.950 bits per heavy atom. The molecule has 0 spiro atoms. The molecule has 6 N–H and O–H groups in total. The van der Waals surface area contributed by atoms with Gasteiger partial charge in [0.25, 0.3) is 0 Å². The highest BCUT2D eigenvalue weighted by Crippen LogP contribution is 2.42. The fourth-order valence-electron chi connectivity index (χ4n) is 4.23. The number of sulfonamides is 1. The van der Waals surface area contributed by atoms with Gasteiger partial charge in [0, 0.05) is 38.8 Å². The molecule has 0 aromatic heterocycles. The topological polar surface area (TPSA) is 172 Å². The van der Waals surface area contributed by atoms with Gasteiger partial charge in [-0.2, -0.15) is 0 Å². The number of fused-ring (bicyclic) bond motifs is 2. The Balaban J connectivity index is 1.54. The van der Waals surface area contributed by atoms with Crippen molar-refractivity contribution < 1.29 is 27.8 Å². The van der Waals surface area contributed by atoms with E-state index in [0.29, 0.717) is 37.9 Å². The van der Waals surface area contributed by atoms with Gasteiger partial charge in [0.05, 0.1) is 16.1 Å². The number of hydrogen-bond donors (Lipinski definition) is 5. The number of carboxylic acids is 1. The van der Waals surface area contributed by atoms with E-state index in [2.05, 4.69) is 26.6 Å². The van der Waals surface area contributed by atoms with Crippen LogP contribution in [0.4, 0.5) is 11.4 Å². The zero-order chi connectivity index (χ0) is 28.8. The molecule has 202 valence electrons. The van der Waals surface area contributed by atoms with Gasteiger partial charge in [0.1, 0.15) is 17.1 Å². The van der Waals surface area contributed by atoms with Crippen LogP contribution in [0.5, 0.6) is 5.75 Å². The quantitative estimate of drug-likeness (QED) is 0.127. The van der Waals surface area contributed by atoms with Crippen LogP contribution in [0.3, 0.4) is 0 Å². The molecule has 40 heavy (non-hydrogen) atoms. The lowest BCUT2D eigenvalue weighted by Gasteiger charge is -2.18. The molecule has 13 heteroatoms. The summed E-state index contributed by atoms with van der Waals surface area (Å²) in [5.41, 5.74) is 2.14. The Kier molecular flexibility index (Phi) is 7.06. The molecule has 0 bridgehead atoms. The Morgan fingerprint density at radius 2 is 1.70 bits per heavy atom. The van der Waals surface area contributed by atoms with Gasteiger partial charge in [-0.25, -0.2) is 18.4 Å². The highest BCUT2D eigenvalue weighted by atomic mass is 79.9. The number of phenolic OH excluding ortho intramolecular Hbond substituents is 1. The Hall–Kier alpha value is -4.30. The maximum absolute atomic E-state index is 12.4. The normalized spacial score (nSPS) is 11.4. The number of nitrogens with two attached hydrogens (primary N) is 1. The summed E-state index contributed by atoms with van der Waals surface area (Å²) in [6.07, 6.45) is 0. The fraction of sp³-hybridized carbons (Fsp3) is 0. The van der Waals surface area contributed by atoms with E-state index >= 15 is 0 Å². The molecular formula is C27H18BrN3O7S2. The van der Waals surface area contributed by atoms with Crippen molar-refractivity contribution in [2.45, 2.75) is 4.90 Å². The lowest BCUT2D eigenvalue weighted by atomic mass is 9.90. The number of aromatic hydroxyl groups is 1. The largest absolute Gasteiger partial charge is 0.508 e. The van der Waals surface area contributed by atoms with Gasteiger partial charge >= 0.3 is 5.97 Å². The summed E-state index contributed by atoms with van der Waals surface area (Å²) in [6, 6.07) is 17.5. The number of primary sulfonamides is 1. The number of halogens is 1. The minimum Gasteiger partial charge on any atom is -0.508 e. The van der Waals surface area contributed by atoms with Crippen molar-refractivity contribution in [3.8, 4) is 28.2 Å². The van der Waals surface area contributed by atoms with Gasteiger partial charge in [0.2, 0.25) is 10.0 Å². The van der Waals surface area contributed by atoms with E-state index in [1.165, 1.54) is 48.5 Å². The van der Waals surface area contributed by atoms with Crippen LogP contribution in [-0.4, -0.2) is 29.7 Å². The number of carbonyl (C=O) groups is 1. The van der Waals surface area contributed by atoms with Crippen LogP contribution in [0.1, 0.15) is 10.4 Å². The Morgan fingerprint density at radius 3 is 2.40 bits per heavy atom. The van der Waals surface area contributed by atoms with Gasteiger partial charge in [-0.1, -0.05) is 6.07 Å². The predicted molar refractivity (Wildman–Crippen MR) is 159 cm³/mol. The van der Waals surface area contributed by atoms with Crippen molar-refractivity contribution in [1.82, 2.24) is 0 Å². The lowest BCUT2D eigenvalue weighted by molar-refractivity contribution is 0.0697. The molecule has 3 aromatic rings. The molecule has 0 saturated heterocycles. The van der Waals surface area contributed by atoms with E-state index in [1.54, 1.807) is 24.3 Å². The SMILES string of the molecule is NS(=O)(=O)c1ccc(NC(=S)Nc2ccc(-c3c4ccc(=O)cc-4oc4cc(O)ccc34)c(C(=O)O)c2)c(Br)c1. The summed E-state index contributed by atoms with van der Waals surface area (Å²) in [6.45, 7) is 0. The third-order valence-corrected chi connectivity index (χ3v) is 7.74. The molecule has 3 aromatic carbocycles. The molecule has 1 aliphatic carbocycles. The molecule has 0 atom stereocenters. The van der Waals surface area contributed by atoms with Gasteiger partial charge in [-0.05, 0) is 88.3 Å². The maximum Gasteiger partial charge on any atom is 0.336 e. The number of benzene rings is 4. The smallest absolute Gasteiger partial charge is 0.336 e. The molecule has 0 radical (unpaired) electrons. The molecule has 0 saturated carbocycles. The van der Waals surface area contributed by atoms with E-state index in [0.717, 1.165) is 0 Å². The zero-order valence-corrected chi connectivity index (χ0v) is 23.4. The number of thiocarbonyl (C=S) groups is 1. The predicted octanol–water partition coefficient (Wildman–Crippen LogP) is 5.19. The van der Waals surface area contributed by atoms with Crippen LogP contribution >= 0.6 is 28.1 Å². The number of nitrogens with one attached hydrogen (secondary N) is 2.